The minimum Gasteiger partial charge on any atom is -0.477 e. The number of para-hydroxylation sites is 1. The van der Waals surface area contributed by atoms with Crippen molar-refractivity contribution in [1.82, 2.24) is 10.3 Å². The number of benzodiazepines with no additional fused rings is 1. The van der Waals surface area contributed by atoms with E-state index in [-0.39, 0.29) is 34.7 Å². The quantitative estimate of drug-likeness (QED) is 0.110. The minimum absolute atomic E-state index is 0.0158. The number of nitrogens with zero attached hydrogens (tertiary/aromatic N) is 3. The summed E-state index contributed by atoms with van der Waals surface area (Å²) < 4.78 is 72.1. The number of rotatable bonds is 15. The molecular formula is C34H34F4N5O9P. The summed E-state index contributed by atoms with van der Waals surface area (Å²) in [7, 11) is -4.98. The van der Waals surface area contributed by atoms with Crippen LogP contribution >= 0.6 is 7.82 Å². The summed E-state index contributed by atoms with van der Waals surface area (Å²) in [6, 6.07) is 12.9. The van der Waals surface area contributed by atoms with E-state index < -0.39 is 98.9 Å². The lowest BCUT2D eigenvalue weighted by molar-refractivity contribution is -0.146. The minimum atomic E-state index is -4.98. The molecule has 2 aliphatic rings. The number of nitrogens with one attached hydrogen (secondary N) is 1. The molecule has 3 atom stereocenters. The van der Waals surface area contributed by atoms with E-state index in [2.05, 4.69) is 19.8 Å². The van der Waals surface area contributed by atoms with Crippen molar-refractivity contribution >= 4 is 42.9 Å². The lowest BCUT2D eigenvalue weighted by Gasteiger charge is -2.29. The van der Waals surface area contributed by atoms with Crippen molar-refractivity contribution in [3.63, 3.8) is 0 Å². The number of nitrogens with two attached hydrogens (primary N) is 1. The van der Waals surface area contributed by atoms with Crippen molar-refractivity contribution in [1.29, 1.82) is 0 Å². The van der Waals surface area contributed by atoms with Crippen LogP contribution in [-0.4, -0.2) is 61.6 Å². The first-order chi connectivity index (χ1) is 24.9. The third-order valence-electron chi connectivity index (χ3n) is 8.76. The van der Waals surface area contributed by atoms with Gasteiger partial charge in [0.1, 0.15) is 5.82 Å². The molecule has 1 aromatic heterocycles. The van der Waals surface area contributed by atoms with Gasteiger partial charge in [0.15, 0.2) is 5.69 Å². The second kappa shape index (κ2) is 15.9. The number of amides is 3. The molecule has 6 N–H and O–H groups in total. The van der Waals surface area contributed by atoms with E-state index in [1.54, 1.807) is 30.3 Å². The predicted octanol–water partition coefficient (Wildman–Crippen LogP) is 4.22. The highest BCUT2D eigenvalue weighted by Crippen LogP contribution is 2.40. The van der Waals surface area contributed by atoms with Crippen molar-refractivity contribution in [3.05, 3.63) is 94.6 Å². The lowest BCUT2D eigenvalue weighted by atomic mass is 9.83. The smallest absolute Gasteiger partial charge is 0.469 e. The molecule has 1 saturated carbocycles. The normalized spacial score (nSPS) is 17.3. The summed E-state index contributed by atoms with van der Waals surface area (Å²) >= 11 is 0. The van der Waals surface area contributed by atoms with Gasteiger partial charge < -0.3 is 30.8 Å². The fourth-order valence-corrected chi connectivity index (χ4v) is 6.43. The Labute approximate surface area is 299 Å². The number of carboxylic acid groups (broad SMARTS) is 1. The van der Waals surface area contributed by atoms with Crippen molar-refractivity contribution in [2.45, 2.75) is 57.6 Å². The van der Waals surface area contributed by atoms with Crippen LogP contribution in [0.25, 0.3) is 0 Å². The van der Waals surface area contributed by atoms with Gasteiger partial charge in [-0.25, -0.2) is 23.7 Å². The first-order valence-electron chi connectivity index (χ1n) is 16.2. The highest BCUT2D eigenvalue weighted by atomic mass is 31.2. The number of halogens is 4. The van der Waals surface area contributed by atoms with Gasteiger partial charge in [-0.2, -0.15) is 13.2 Å². The predicted molar refractivity (Wildman–Crippen MR) is 178 cm³/mol. The molecule has 3 amide bonds. The number of fused-ring (bicyclic) bond motifs is 1. The zero-order valence-electron chi connectivity index (χ0n) is 27.7. The van der Waals surface area contributed by atoms with E-state index in [9.17, 15) is 42.0 Å². The van der Waals surface area contributed by atoms with Crippen LogP contribution in [0.5, 0.6) is 0 Å². The molecule has 0 unspecified atom stereocenters. The van der Waals surface area contributed by atoms with Crippen LogP contribution in [0.15, 0.2) is 65.8 Å². The van der Waals surface area contributed by atoms with Gasteiger partial charge in [0.05, 0.1) is 24.6 Å². The summed E-state index contributed by atoms with van der Waals surface area (Å²) in [6.45, 7) is -1.48. The maximum atomic E-state index is 16.0. The number of carbonyl (C=O) groups excluding carboxylic acids is 3. The zero-order valence-corrected chi connectivity index (χ0v) is 28.6. The van der Waals surface area contributed by atoms with E-state index in [0.29, 0.717) is 18.4 Å². The Balaban J connectivity index is 1.62. The molecule has 1 aliphatic heterocycles. The summed E-state index contributed by atoms with van der Waals surface area (Å²) in [4.78, 5) is 80.6. The molecule has 0 spiro atoms. The Morgan fingerprint density at radius 3 is 2.38 bits per heavy atom. The summed E-state index contributed by atoms with van der Waals surface area (Å²) in [5.74, 6) is -8.78. The number of carbonyl (C=O) groups is 4. The Morgan fingerprint density at radius 2 is 1.77 bits per heavy atom. The molecule has 1 aliphatic carbocycles. The number of primary amides is 1. The van der Waals surface area contributed by atoms with Gasteiger partial charge in [0, 0.05) is 41.1 Å². The van der Waals surface area contributed by atoms with Crippen LogP contribution in [-0.2, 0) is 36.6 Å². The maximum Gasteiger partial charge on any atom is 0.469 e. The number of hydrogen-bond acceptors (Lipinski definition) is 8. The first-order valence-corrected chi connectivity index (χ1v) is 17.8. The molecule has 0 saturated heterocycles. The molecule has 14 nitrogen and oxygen atoms in total. The van der Waals surface area contributed by atoms with Gasteiger partial charge in [-0.3, -0.25) is 18.9 Å². The van der Waals surface area contributed by atoms with Crippen LogP contribution in [0.2, 0.25) is 0 Å². The SMILES string of the molecule is NC(=O)[C@@H](CC1CC1)[C@@H](CCC(F)(F)F)C(=O)N[C@H]1N=C(c2ccccc2)c2cccc(F)c2N(Cc2cc(COP(=O)(O)O)cnc2C(=O)O)C1=O. The molecule has 1 fully saturated rings. The first kappa shape index (κ1) is 39.2. The molecule has 19 heteroatoms. The van der Waals surface area contributed by atoms with Gasteiger partial charge in [0.2, 0.25) is 18.0 Å². The zero-order chi connectivity index (χ0) is 38.7. The fourth-order valence-electron chi connectivity index (χ4n) is 6.12. The van der Waals surface area contributed by atoms with Gasteiger partial charge >= 0.3 is 20.0 Å². The van der Waals surface area contributed by atoms with Crippen molar-refractivity contribution in [2.24, 2.45) is 28.5 Å². The third kappa shape index (κ3) is 10.1. The highest BCUT2D eigenvalue weighted by molar-refractivity contribution is 7.46. The number of phosphoric ester groups is 1. The van der Waals surface area contributed by atoms with E-state index in [0.717, 1.165) is 23.2 Å². The van der Waals surface area contributed by atoms with Crippen molar-refractivity contribution in [3.8, 4) is 0 Å². The van der Waals surface area contributed by atoms with Crippen molar-refractivity contribution in [2.75, 3.05) is 4.90 Å². The molecule has 3 aromatic rings. The molecular weight excluding hydrogens is 729 g/mol. The van der Waals surface area contributed by atoms with Gasteiger partial charge in [0.25, 0.3) is 5.91 Å². The second-order valence-electron chi connectivity index (χ2n) is 12.7. The number of pyridine rings is 1. The van der Waals surface area contributed by atoms with Gasteiger partial charge in [-0.15, -0.1) is 0 Å². The number of phosphoric acid groups is 1. The average Bonchev–Trinajstić information content (AvgIpc) is 3.92. The molecule has 282 valence electrons. The largest absolute Gasteiger partial charge is 0.477 e. The monoisotopic (exact) mass is 763 g/mol. The number of aromatic nitrogens is 1. The third-order valence-corrected chi connectivity index (χ3v) is 9.23. The number of anilines is 1. The van der Waals surface area contributed by atoms with Gasteiger partial charge in [-0.05, 0) is 36.5 Å². The average molecular weight is 764 g/mol. The van der Waals surface area contributed by atoms with E-state index in [1.165, 1.54) is 12.1 Å². The van der Waals surface area contributed by atoms with Crippen LogP contribution in [0, 0.1) is 23.6 Å². The number of carboxylic acids is 1. The molecule has 5 rings (SSSR count). The van der Waals surface area contributed by atoms with E-state index in [4.69, 9.17) is 15.5 Å². The molecule has 2 heterocycles. The molecule has 0 bridgehead atoms. The van der Waals surface area contributed by atoms with E-state index in [1.807, 2.05) is 0 Å². The standard InChI is InChI=1S/C34H34F4N5O9P/c35-25-8-4-7-23-26(20-5-2-1-3-6-20)41-30(42-31(45)22(11-12-34(36,37)38)24(29(39)44)14-18-9-10-18)32(46)43(28(23)25)16-21-13-19(17-52-53(49,50)51)15-40-27(21)33(47)48/h1-8,13,15,18,22,24,30H,9-12,14,16-17H2,(H2,39,44)(H,42,45)(H,47,48)(H2,49,50,51)/t22-,24+,30-/m1/s1. The fraction of sp³-hybridized carbons (Fsp3) is 0.353. The summed E-state index contributed by atoms with van der Waals surface area (Å²) in [6.07, 6.45) is -6.50. The topological polar surface area (TPSA) is 222 Å². The number of aliphatic imine (C=N–C) groups is 1. The Kier molecular flexibility index (Phi) is 11.8. The molecule has 0 radical (unpaired) electrons. The highest BCUT2D eigenvalue weighted by Gasteiger charge is 2.42. The molecule has 53 heavy (non-hydrogen) atoms. The van der Waals surface area contributed by atoms with Crippen molar-refractivity contribution < 1.29 is 60.7 Å². The van der Waals surface area contributed by atoms with Gasteiger partial charge in [-0.1, -0.05) is 55.3 Å². The van der Waals surface area contributed by atoms with Crippen LogP contribution < -0.4 is 16.0 Å². The summed E-state index contributed by atoms with van der Waals surface area (Å²) in [5.41, 5.74) is 4.64. The maximum absolute atomic E-state index is 16.0. The molecule has 2 aromatic carbocycles. The Morgan fingerprint density at radius 1 is 1.08 bits per heavy atom. The number of aromatic carboxylic acids is 1. The number of alkyl halides is 3. The number of benzene rings is 2. The second-order valence-corrected chi connectivity index (χ2v) is 13.9. The lowest BCUT2D eigenvalue weighted by Crippen LogP contribution is -2.51. The Hall–Kier alpha value is -5.03. The summed E-state index contributed by atoms with van der Waals surface area (Å²) in [5, 5.41) is 12.3. The van der Waals surface area contributed by atoms with Crippen LogP contribution in [0.1, 0.15) is 64.8 Å². The Bertz CT molecular complexity index is 1970. The van der Waals surface area contributed by atoms with Crippen LogP contribution in [0.3, 0.4) is 0 Å². The number of hydrogen-bond donors (Lipinski definition) is 5. The van der Waals surface area contributed by atoms with Crippen LogP contribution in [0.4, 0.5) is 23.2 Å². The van der Waals surface area contributed by atoms with E-state index >= 15 is 4.39 Å².